The fourth-order valence-electron chi connectivity index (χ4n) is 5.05. The van der Waals surface area contributed by atoms with Gasteiger partial charge in [0.2, 0.25) is 18.1 Å². The topological polar surface area (TPSA) is 106 Å². The Labute approximate surface area is 221 Å². The number of hydrogen-bond acceptors (Lipinski definition) is 7. The fourth-order valence-corrected chi connectivity index (χ4v) is 5.05. The average molecular weight is 520 g/mol. The number of rotatable bonds is 7. The lowest BCUT2D eigenvalue weighted by molar-refractivity contribution is -0.134. The zero-order valence-corrected chi connectivity index (χ0v) is 22.0. The predicted octanol–water partition coefficient (Wildman–Crippen LogP) is 2.64. The Morgan fingerprint density at radius 3 is 2.47 bits per heavy atom. The normalized spacial score (nSPS) is 15.7. The highest BCUT2D eigenvalue weighted by atomic mass is 16.7. The molecular weight excluding hydrogens is 486 g/mol. The van der Waals surface area contributed by atoms with Crippen molar-refractivity contribution in [3.63, 3.8) is 0 Å². The number of carbonyl (C=O) groups is 2. The molecule has 1 atom stereocenters. The van der Waals surface area contributed by atoms with Crippen LogP contribution in [0.25, 0.3) is 10.9 Å². The Bertz CT molecular complexity index is 1400. The molecule has 38 heavy (non-hydrogen) atoms. The van der Waals surface area contributed by atoms with Crippen molar-refractivity contribution in [2.75, 3.05) is 37.9 Å². The van der Waals surface area contributed by atoms with E-state index in [4.69, 9.17) is 9.47 Å². The molecule has 1 N–H and O–H groups in total. The minimum Gasteiger partial charge on any atom is -0.454 e. The van der Waals surface area contributed by atoms with Crippen molar-refractivity contribution in [1.82, 2.24) is 19.8 Å². The zero-order chi connectivity index (χ0) is 26.8. The summed E-state index contributed by atoms with van der Waals surface area (Å²) in [5.74, 6) is 1.42. The zero-order valence-electron chi connectivity index (χ0n) is 22.0. The van der Waals surface area contributed by atoms with Gasteiger partial charge >= 0.3 is 0 Å². The van der Waals surface area contributed by atoms with Gasteiger partial charge in [-0.15, -0.1) is 0 Å². The van der Waals surface area contributed by atoms with Gasteiger partial charge < -0.3 is 29.2 Å². The molecule has 0 spiro atoms. The van der Waals surface area contributed by atoms with Gasteiger partial charge in [-0.05, 0) is 37.5 Å². The number of nitrogens with zero attached hydrogens (tertiary/aromatic N) is 4. The molecule has 2 aromatic heterocycles. The first-order valence-electron chi connectivity index (χ1n) is 13.1. The molecule has 1 aromatic carbocycles. The number of piperazine rings is 1. The lowest BCUT2D eigenvalue weighted by atomic mass is 10.0. The van der Waals surface area contributed by atoms with Crippen molar-refractivity contribution >= 4 is 28.5 Å². The summed E-state index contributed by atoms with van der Waals surface area (Å²) < 4.78 is 12.8. The Hall–Kier alpha value is -4.08. The van der Waals surface area contributed by atoms with E-state index >= 15 is 0 Å². The van der Waals surface area contributed by atoms with E-state index in [0.29, 0.717) is 61.5 Å². The number of aromatic nitrogens is 2. The van der Waals surface area contributed by atoms with Crippen molar-refractivity contribution in [3.8, 4) is 11.5 Å². The standard InChI is InChI=1S/C28H33N5O5/c1-4-31-16-20(26(34)19-14-23-24(15-22(19)31)38-17-37-23)27(35)30-21(13-18(2)3)28(36)33-11-9-32(10-12-33)25-7-5-6-8-29-25/h5-8,14-16,18,21H,4,9-13,17H2,1-3H3,(H,30,35). The largest absolute Gasteiger partial charge is 0.454 e. The fraction of sp³-hybridized carbons (Fsp3) is 0.429. The highest BCUT2D eigenvalue weighted by Crippen LogP contribution is 2.35. The summed E-state index contributed by atoms with van der Waals surface area (Å²) in [4.78, 5) is 48.8. The summed E-state index contributed by atoms with van der Waals surface area (Å²) >= 11 is 0. The second kappa shape index (κ2) is 10.7. The molecule has 0 radical (unpaired) electrons. The van der Waals surface area contributed by atoms with E-state index in [1.165, 1.54) is 0 Å². The number of amides is 2. The monoisotopic (exact) mass is 519 g/mol. The van der Waals surface area contributed by atoms with E-state index in [2.05, 4.69) is 15.2 Å². The van der Waals surface area contributed by atoms with Crippen LogP contribution in [0.5, 0.6) is 11.5 Å². The van der Waals surface area contributed by atoms with Gasteiger partial charge in [0.15, 0.2) is 11.5 Å². The van der Waals surface area contributed by atoms with E-state index in [-0.39, 0.29) is 24.2 Å². The Morgan fingerprint density at radius 1 is 1.08 bits per heavy atom. The number of benzene rings is 1. The number of pyridine rings is 2. The first kappa shape index (κ1) is 25.6. The molecule has 10 nitrogen and oxygen atoms in total. The van der Waals surface area contributed by atoms with Crippen LogP contribution >= 0.6 is 0 Å². The quantitative estimate of drug-likeness (QED) is 0.512. The molecule has 2 amide bonds. The molecule has 0 aliphatic carbocycles. The summed E-state index contributed by atoms with van der Waals surface area (Å²) in [5, 5.41) is 3.26. The number of anilines is 1. The number of nitrogens with one attached hydrogen (secondary N) is 1. The van der Waals surface area contributed by atoms with Crippen LogP contribution in [0.4, 0.5) is 5.82 Å². The Kier molecular flexibility index (Phi) is 7.22. The number of fused-ring (bicyclic) bond motifs is 2. The van der Waals surface area contributed by atoms with Crippen molar-refractivity contribution in [2.24, 2.45) is 5.92 Å². The molecule has 10 heteroatoms. The summed E-state index contributed by atoms with van der Waals surface area (Å²) in [6.45, 7) is 8.98. The first-order chi connectivity index (χ1) is 18.4. The number of hydrogen-bond donors (Lipinski definition) is 1. The molecule has 1 fully saturated rings. The van der Waals surface area contributed by atoms with Crippen LogP contribution < -0.4 is 25.1 Å². The van der Waals surface area contributed by atoms with Gasteiger partial charge in [-0.1, -0.05) is 19.9 Å². The molecule has 1 unspecified atom stereocenters. The molecule has 4 heterocycles. The van der Waals surface area contributed by atoms with Crippen LogP contribution in [0.15, 0.2) is 47.5 Å². The Morgan fingerprint density at radius 2 is 1.82 bits per heavy atom. The second-order valence-electron chi connectivity index (χ2n) is 10.0. The average Bonchev–Trinajstić information content (AvgIpc) is 3.39. The third kappa shape index (κ3) is 5.03. The van der Waals surface area contributed by atoms with E-state index in [1.54, 1.807) is 29.4 Å². The second-order valence-corrected chi connectivity index (χ2v) is 10.0. The van der Waals surface area contributed by atoms with Crippen LogP contribution in [-0.2, 0) is 11.3 Å². The van der Waals surface area contributed by atoms with Gasteiger partial charge in [-0.2, -0.15) is 0 Å². The molecule has 3 aromatic rings. The summed E-state index contributed by atoms with van der Waals surface area (Å²) in [5.41, 5.74) is 0.263. The third-order valence-corrected chi connectivity index (χ3v) is 7.03. The first-order valence-corrected chi connectivity index (χ1v) is 13.1. The molecule has 200 valence electrons. The summed E-state index contributed by atoms with van der Waals surface area (Å²) in [7, 11) is 0. The minimum absolute atomic E-state index is 0.000238. The van der Waals surface area contributed by atoms with E-state index in [1.807, 2.05) is 43.5 Å². The molecule has 2 aliphatic rings. The summed E-state index contributed by atoms with van der Waals surface area (Å²) in [6.07, 6.45) is 3.79. The maximum absolute atomic E-state index is 13.6. The van der Waals surface area contributed by atoms with Crippen molar-refractivity contribution in [3.05, 3.63) is 58.5 Å². The van der Waals surface area contributed by atoms with Crippen LogP contribution in [0.2, 0.25) is 0 Å². The minimum atomic E-state index is -0.731. The smallest absolute Gasteiger partial charge is 0.257 e. The molecule has 1 saturated heterocycles. The Balaban J connectivity index is 1.36. The summed E-state index contributed by atoms with van der Waals surface area (Å²) in [6, 6.07) is 8.44. The molecular formula is C28H33N5O5. The van der Waals surface area contributed by atoms with Crippen molar-refractivity contribution in [1.29, 1.82) is 0 Å². The lowest BCUT2D eigenvalue weighted by Crippen LogP contribution is -2.55. The highest BCUT2D eigenvalue weighted by Gasteiger charge is 2.31. The SMILES string of the molecule is CCn1cc(C(=O)NC(CC(C)C)C(=O)N2CCN(c3ccccn3)CC2)c(=O)c2cc3c(cc21)OCO3. The van der Waals surface area contributed by atoms with Crippen molar-refractivity contribution < 1.29 is 19.1 Å². The van der Waals surface area contributed by atoms with Gasteiger partial charge in [0.25, 0.3) is 5.91 Å². The van der Waals surface area contributed by atoms with E-state index in [0.717, 1.165) is 5.82 Å². The van der Waals surface area contributed by atoms with Crippen LogP contribution in [0, 0.1) is 5.92 Å². The molecule has 5 rings (SSSR count). The molecule has 0 bridgehead atoms. The van der Waals surface area contributed by atoms with Crippen LogP contribution in [-0.4, -0.2) is 65.3 Å². The van der Waals surface area contributed by atoms with Crippen LogP contribution in [0.1, 0.15) is 37.6 Å². The number of aryl methyl sites for hydroxylation is 1. The molecule has 0 saturated carbocycles. The van der Waals surface area contributed by atoms with Gasteiger partial charge in [0.1, 0.15) is 17.4 Å². The van der Waals surface area contributed by atoms with E-state index in [9.17, 15) is 14.4 Å². The third-order valence-electron chi connectivity index (χ3n) is 7.03. The van der Waals surface area contributed by atoms with Crippen LogP contribution in [0.3, 0.4) is 0 Å². The van der Waals surface area contributed by atoms with Gasteiger partial charge in [-0.25, -0.2) is 4.98 Å². The van der Waals surface area contributed by atoms with Crippen molar-refractivity contribution in [2.45, 2.75) is 39.8 Å². The molecule has 2 aliphatic heterocycles. The highest BCUT2D eigenvalue weighted by molar-refractivity contribution is 6.00. The van der Waals surface area contributed by atoms with E-state index < -0.39 is 17.4 Å². The van der Waals surface area contributed by atoms with Gasteiger partial charge in [-0.3, -0.25) is 14.4 Å². The lowest BCUT2D eigenvalue weighted by Gasteiger charge is -2.37. The predicted molar refractivity (Wildman–Crippen MR) is 144 cm³/mol. The van der Waals surface area contributed by atoms with Gasteiger partial charge in [0, 0.05) is 51.2 Å². The van der Waals surface area contributed by atoms with Gasteiger partial charge in [0.05, 0.1) is 10.9 Å². The number of carbonyl (C=O) groups excluding carboxylic acids is 2. The number of ether oxygens (including phenoxy) is 2. The maximum Gasteiger partial charge on any atom is 0.257 e. The maximum atomic E-state index is 13.6.